The normalized spacial score (nSPS) is 18.5. The Kier molecular flexibility index (Phi) is 11.1. The minimum absolute atomic E-state index is 0.0583. The van der Waals surface area contributed by atoms with Gasteiger partial charge >= 0.3 is 0 Å². The summed E-state index contributed by atoms with van der Waals surface area (Å²) in [5, 5.41) is 4.11. The Morgan fingerprint density at radius 3 is 2.62 bits per heavy atom. The molecule has 2 heterocycles. The van der Waals surface area contributed by atoms with Gasteiger partial charge in [-0.2, -0.15) is 0 Å². The maximum atomic E-state index is 12.7. The first-order valence-corrected chi connectivity index (χ1v) is 15.3. The van der Waals surface area contributed by atoms with Gasteiger partial charge in [0.1, 0.15) is 11.5 Å². The summed E-state index contributed by atoms with van der Waals surface area (Å²) in [4.78, 5) is 14.6. The lowest BCUT2D eigenvalue weighted by Crippen LogP contribution is -2.41. The molecule has 1 N–H and O–H groups in total. The molecule has 224 valence electrons. The predicted molar refractivity (Wildman–Crippen MR) is 166 cm³/mol. The van der Waals surface area contributed by atoms with Crippen LogP contribution in [-0.4, -0.2) is 58.6 Å². The fourth-order valence-corrected chi connectivity index (χ4v) is 5.87. The summed E-state index contributed by atoms with van der Waals surface area (Å²) in [6.07, 6.45) is 4.01. The van der Waals surface area contributed by atoms with Gasteiger partial charge in [-0.25, -0.2) is 0 Å². The van der Waals surface area contributed by atoms with Crippen LogP contribution in [-0.2, 0) is 27.3 Å². The number of nitrogens with one attached hydrogen (secondary N) is 1. The van der Waals surface area contributed by atoms with Gasteiger partial charge in [0.05, 0.1) is 30.9 Å². The van der Waals surface area contributed by atoms with E-state index in [4.69, 9.17) is 30.5 Å². The van der Waals surface area contributed by atoms with E-state index in [1.165, 1.54) is 11.1 Å². The third-order valence-electron chi connectivity index (χ3n) is 7.93. The van der Waals surface area contributed by atoms with Crippen molar-refractivity contribution in [3.05, 3.63) is 88.4 Å². The summed E-state index contributed by atoms with van der Waals surface area (Å²) in [6.45, 7) is 4.71. The molecule has 8 heteroatoms. The fraction of sp³-hybridized carbons (Fsp3) is 0.441. The Morgan fingerprint density at radius 2 is 1.79 bits per heavy atom. The Morgan fingerprint density at radius 1 is 0.952 bits per heavy atom. The van der Waals surface area contributed by atoms with E-state index in [9.17, 15) is 4.79 Å². The number of ether oxygens (including phenoxy) is 4. The molecule has 3 aromatic rings. The minimum Gasteiger partial charge on any atom is -0.493 e. The van der Waals surface area contributed by atoms with Crippen LogP contribution in [0.3, 0.4) is 0 Å². The van der Waals surface area contributed by atoms with E-state index in [1.54, 1.807) is 7.11 Å². The van der Waals surface area contributed by atoms with Gasteiger partial charge in [-0.15, -0.1) is 0 Å². The molecule has 1 amide bonds. The van der Waals surface area contributed by atoms with Crippen molar-refractivity contribution in [1.29, 1.82) is 0 Å². The van der Waals surface area contributed by atoms with Gasteiger partial charge in [0, 0.05) is 51.3 Å². The van der Waals surface area contributed by atoms with Gasteiger partial charge in [-0.1, -0.05) is 48.0 Å². The Balaban J connectivity index is 1.13. The Bertz CT molecular complexity index is 1300. The first kappa shape index (κ1) is 30.4. The van der Waals surface area contributed by atoms with Crippen molar-refractivity contribution in [3.63, 3.8) is 0 Å². The van der Waals surface area contributed by atoms with Crippen molar-refractivity contribution in [2.45, 2.75) is 50.7 Å². The summed E-state index contributed by atoms with van der Waals surface area (Å²) in [7, 11) is 1.69. The summed E-state index contributed by atoms with van der Waals surface area (Å²) in [5.74, 6) is 2.03. The van der Waals surface area contributed by atoms with Crippen LogP contribution in [0.25, 0.3) is 0 Å². The molecule has 2 aliphatic heterocycles. The SMILES string of the molecule is COCCCN1C(=O)CCc2ccc(CO[C@H]3CNCC[C@@H]3c3ccc(OCCCOc4ccccc4Cl)cc3)cc21. The summed E-state index contributed by atoms with van der Waals surface area (Å²) >= 11 is 6.14. The third-order valence-corrected chi connectivity index (χ3v) is 8.24. The molecule has 1 saturated heterocycles. The van der Waals surface area contributed by atoms with Crippen LogP contribution in [0.2, 0.25) is 5.02 Å². The highest BCUT2D eigenvalue weighted by Crippen LogP contribution is 2.32. The number of hydrogen-bond donors (Lipinski definition) is 1. The zero-order chi connectivity index (χ0) is 29.1. The van der Waals surface area contributed by atoms with Gasteiger partial charge in [0.2, 0.25) is 5.91 Å². The second kappa shape index (κ2) is 15.4. The molecule has 2 atom stereocenters. The number of benzene rings is 3. The number of aryl methyl sites for hydroxylation is 1. The van der Waals surface area contributed by atoms with E-state index in [0.29, 0.717) is 56.1 Å². The molecule has 0 spiro atoms. The van der Waals surface area contributed by atoms with Crippen LogP contribution in [0, 0.1) is 0 Å². The number of piperidine rings is 1. The Labute approximate surface area is 254 Å². The lowest BCUT2D eigenvalue weighted by molar-refractivity contribution is -0.118. The number of fused-ring (bicyclic) bond motifs is 1. The molecule has 7 nitrogen and oxygen atoms in total. The van der Waals surface area contributed by atoms with Crippen molar-refractivity contribution in [2.75, 3.05) is 51.5 Å². The number of amides is 1. The topological polar surface area (TPSA) is 69.3 Å². The highest BCUT2D eigenvalue weighted by atomic mass is 35.5. The van der Waals surface area contributed by atoms with Crippen LogP contribution in [0.1, 0.15) is 48.3 Å². The highest BCUT2D eigenvalue weighted by Gasteiger charge is 2.28. The van der Waals surface area contributed by atoms with Crippen molar-refractivity contribution >= 4 is 23.2 Å². The number of carbonyl (C=O) groups excluding carboxylic acids is 1. The molecule has 0 saturated carbocycles. The van der Waals surface area contributed by atoms with Crippen LogP contribution >= 0.6 is 11.6 Å². The number of methoxy groups -OCH3 is 1. The number of anilines is 1. The molecule has 0 bridgehead atoms. The molecule has 42 heavy (non-hydrogen) atoms. The highest BCUT2D eigenvalue weighted by molar-refractivity contribution is 6.32. The molecule has 0 aliphatic carbocycles. The fourth-order valence-electron chi connectivity index (χ4n) is 5.68. The monoisotopic (exact) mass is 592 g/mol. The zero-order valence-corrected chi connectivity index (χ0v) is 25.1. The van der Waals surface area contributed by atoms with Gasteiger partial charge in [-0.05, 0) is 72.8 Å². The molecular formula is C34H41ClN2O5. The van der Waals surface area contributed by atoms with Gasteiger partial charge in [0.15, 0.2) is 0 Å². The molecule has 2 aliphatic rings. The van der Waals surface area contributed by atoms with Gasteiger partial charge in [0.25, 0.3) is 0 Å². The van der Waals surface area contributed by atoms with Crippen molar-refractivity contribution < 1.29 is 23.7 Å². The van der Waals surface area contributed by atoms with Crippen LogP contribution in [0.5, 0.6) is 11.5 Å². The molecular weight excluding hydrogens is 552 g/mol. The van der Waals surface area contributed by atoms with Crippen molar-refractivity contribution in [2.24, 2.45) is 0 Å². The van der Waals surface area contributed by atoms with Crippen LogP contribution < -0.4 is 19.7 Å². The number of nitrogens with zero attached hydrogens (tertiary/aromatic N) is 1. The minimum atomic E-state index is 0.0583. The predicted octanol–water partition coefficient (Wildman–Crippen LogP) is 6.17. The van der Waals surface area contributed by atoms with Crippen LogP contribution in [0.4, 0.5) is 5.69 Å². The van der Waals surface area contributed by atoms with E-state index < -0.39 is 0 Å². The van der Waals surface area contributed by atoms with Gasteiger partial charge in [-0.3, -0.25) is 4.79 Å². The van der Waals surface area contributed by atoms with E-state index in [0.717, 1.165) is 55.8 Å². The zero-order valence-electron chi connectivity index (χ0n) is 24.4. The lowest BCUT2D eigenvalue weighted by atomic mass is 9.87. The van der Waals surface area contributed by atoms with E-state index in [2.05, 4.69) is 35.6 Å². The summed E-state index contributed by atoms with van der Waals surface area (Å²) in [6, 6.07) is 22.3. The maximum absolute atomic E-state index is 12.7. The van der Waals surface area contributed by atoms with Gasteiger partial charge < -0.3 is 29.2 Å². The molecule has 3 aromatic carbocycles. The van der Waals surface area contributed by atoms with Crippen molar-refractivity contribution in [1.82, 2.24) is 5.32 Å². The number of halogens is 1. The number of carbonyl (C=O) groups is 1. The smallest absolute Gasteiger partial charge is 0.227 e. The molecule has 1 fully saturated rings. The average molecular weight is 593 g/mol. The maximum Gasteiger partial charge on any atom is 0.227 e. The largest absolute Gasteiger partial charge is 0.493 e. The number of hydrogen-bond acceptors (Lipinski definition) is 6. The second-order valence-corrected chi connectivity index (χ2v) is 11.3. The van der Waals surface area contributed by atoms with Crippen LogP contribution in [0.15, 0.2) is 66.7 Å². The lowest BCUT2D eigenvalue weighted by Gasteiger charge is -2.33. The summed E-state index contributed by atoms with van der Waals surface area (Å²) < 4.78 is 23.4. The molecule has 0 aromatic heterocycles. The molecule has 5 rings (SSSR count). The number of para-hydroxylation sites is 1. The van der Waals surface area contributed by atoms with E-state index >= 15 is 0 Å². The third kappa shape index (κ3) is 8.04. The standard InChI is InChI=1S/C34H41ClN2O5/c1-39-19-4-18-37-31-22-25(8-9-27(31)12-15-34(37)38)24-42-33-23-36-17-16-29(33)26-10-13-28(14-11-26)40-20-5-21-41-32-7-3-2-6-30(32)35/h2-3,6-11,13-14,22,29,33,36H,4-5,12,15-21,23-24H2,1H3/t29-,33+/m1/s1. The molecule has 0 radical (unpaired) electrons. The van der Waals surface area contributed by atoms with E-state index in [-0.39, 0.29) is 12.0 Å². The molecule has 0 unspecified atom stereocenters. The number of rotatable bonds is 14. The average Bonchev–Trinajstić information content (AvgIpc) is 3.02. The summed E-state index contributed by atoms with van der Waals surface area (Å²) in [5.41, 5.74) is 4.60. The first-order valence-electron chi connectivity index (χ1n) is 15.0. The quantitative estimate of drug-likeness (QED) is 0.226. The van der Waals surface area contributed by atoms with E-state index in [1.807, 2.05) is 41.3 Å². The first-order chi connectivity index (χ1) is 20.6. The Hall–Kier alpha value is -3.10. The second-order valence-electron chi connectivity index (χ2n) is 10.9. The van der Waals surface area contributed by atoms with Crippen molar-refractivity contribution in [3.8, 4) is 11.5 Å².